The summed E-state index contributed by atoms with van der Waals surface area (Å²) in [6.07, 6.45) is 3.00. The third-order valence-electron chi connectivity index (χ3n) is 7.17. The van der Waals surface area contributed by atoms with Crippen LogP contribution in [0.4, 0.5) is 26.1 Å². The zero-order valence-corrected chi connectivity index (χ0v) is 29.1. The Morgan fingerprint density at radius 3 is 1.96 bits per heavy atom. The number of carbonyl (C=O) groups is 3. The van der Waals surface area contributed by atoms with Crippen LogP contribution in [-0.4, -0.2) is 109 Å². The summed E-state index contributed by atoms with van der Waals surface area (Å²) in [5.41, 5.74) is -0.718. The molecule has 2 aliphatic heterocycles. The zero-order valence-electron chi connectivity index (χ0n) is 29.1. The summed E-state index contributed by atoms with van der Waals surface area (Å²) in [5.74, 6) is 0.725. The van der Waals surface area contributed by atoms with Crippen LogP contribution in [0.1, 0.15) is 74.8 Å². The average molecular weight is 668 g/mol. The van der Waals surface area contributed by atoms with Crippen molar-refractivity contribution in [2.75, 3.05) is 49.2 Å². The van der Waals surface area contributed by atoms with Crippen molar-refractivity contribution < 1.29 is 33.3 Å². The van der Waals surface area contributed by atoms with Crippen molar-refractivity contribution in [2.24, 2.45) is 0 Å². The number of imide groups is 1. The van der Waals surface area contributed by atoms with E-state index in [2.05, 4.69) is 14.9 Å². The van der Waals surface area contributed by atoms with Crippen LogP contribution in [0.3, 0.4) is 0 Å². The Labute approximate surface area is 279 Å². The first-order chi connectivity index (χ1) is 22.4. The lowest BCUT2D eigenvalue weighted by Crippen LogP contribution is -2.44. The van der Waals surface area contributed by atoms with Gasteiger partial charge >= 0.3 is 18.3 Å². The number of amides is 3. The van der Waals surface area contributed by atoms with Gasteiger partial charge in [-0.1, -0.05) is 0 Å². The van der Waals surface area contributed by atoms with E-state index in [1.165, 1.54) is 12.4 Å². The summed E-state index contributed by atoms with van der Waals surface area (Å²) < 4.78 is 24.1. The molecule has 1 atom stereocenters. The largest absolute Gasteiger partial charge is 0.444 e. The van der Waals surface area contributed by atoms with E-state index in [0.29, 0.717) is 79.1 Å². The molecule has 5 heterocycles. The fraction of sp³-hybridized carbons (Fsp3) is 0.625. The van der Waals surface area contributed by atoms with Gasteiger partial charge in [-0.25, -0.2) is 39.3 Å². The van der Waals surface area contributed by atoms with Gasteiger partial charge in [0.2, 0.25) is 5.95 Å². The Bertz CT molecular complexity index is 1620. The average Bonchev–Trinajstić information content (AvgIpc) is 3.62. The number of imidazole rings is 1. The van der Waals surface area contributed by atoms with Crippen molar-refractivity contribution in [3.05, 3.63) is 18.7 Å². The first kappa shape index (κ1) is 34.7. The molecular formula is C32H45N9O7. The number of anilines is 2. The molecule has 48 heavy (non-hydrogen) atoms. The molecule has 0 bridgehead atoms. The summed E-state index contributed by atoms with van der Waals surface area (Å²) in [4.78, 5) is 66.7. The monoisotopic (exact) mass is 667 g/mol. The van der Waals surface area contributed by atoms with E-state index < -0.39 is 29.0 Å². The van der Waals surface area contributed by atoms with Crippen LogP contribution < -0.4 is 9.80 Å². The highest BCUT2D eigenvalue weighted by Gasteiger charge is 2.35. The van der Waals surface area contributed by atoms with Crippen LogP contribution in [0, 0.1) is 0 Å². The van der Waals surface area contributed by atoms with Gasteiger partial charge in [-0.3, -0.25) is 0 Å². The number of aromatic nitrogens is 6. The molecule has 260 valence electrons. The zero-order chi connectivity index (χ0) is 35.0. The highest BCUT2D eigenvalue weighted by molar-refractivity contribution is 6.08. The van der Waals surface area contributed by atoms with Crippen molar-refractivity contribution in [3.8, 4) is 11.4 Å². The highest BCUT2D eigenvalue weighted by atomic mass is 16.6. The quantitative estimate of drug-likeness (QED) is 0.342. The minimum absolute atomic E-state index is 0.0855. The normalized spacial score (nSPS) is 17.4. The Morgan fingerprint density at radius 2 is 1.40 bits per heavy atom. The number of nitrogens with zero attached hydrogens (tertiary/aromatic N) is 9. The van der Waals surface area contributed by atoms with Crippen LogP contribution in [-0.2, 0) is 18.9 Å². The van der Waals surface area contributed by atoms with E-state index in [9.17, 15) is 14.4 Å². The standard InChI is InChI=1S/C32H45N9O7/c1-30(2,3)46-27(42)39-11-10-21(18-39)40-19-35-22-24(38-12-14-45-15-13-38)36-23(37-25(22)40)20-16-33-26(34-17-20)41(28(43)47-31(4,5)6)29(44)48-32(7,8)9/h16-17,19,21H,10-15,18H2,1-9H3/t21-/m0/s1. The number of hydrogen-bond donors (Lipinski definition) is 0. The lowest BCUT2D eigenvalue weighted by atomic mass is 10.2. The second kappa shape index (κ2) is 13.1. The number of morpholine rings is 1. The maximum absolute atomic E-state index is 13.1. The predicted octanol–water partition coefficient (Wildman–Crippen LogP) is 4.98. The SMILES string of the molecule is CC(C)(C)OC(=O)N1CC[C@H](n2cnc3c(N4CCOCC4)nc(-c4cnc(N(C(=O)OC(C)(C)C)C(=O)OC(C)(C)C)nc4)nc32)C1. The Morgan fingerprint density at radius 1 is 0.812 bits per heavy atom. The first-order valence-electron chi connectivity index (χ1n) is 16.0. The van der Waals surface area contributed by atoms with E-state index in [1.807, 2.05) is 25.3 Å². The smallest absolute Gasteiger partial charge is 0.427 e. The third-order valence-corrected chi connectivity index (χ3v) is 7.17. The van der Waals surface area contributed by atoms with E-state index >= 15 is 0 Å². The number of carbonyl (C=O) groups excluding carboxylic acids is 3. The predicted molar refractivity (Wildman–Crippen MR) is 176 cm³/mol. The van der Waals surface area contributed by atoms with Crippen LogP contribution in [0.5, 0.6) is 0 Å². The Balaban J connectivity index is 1.50. The van der Waals surface area contributed by atoms with Gasteiger partial charge in [-0.15, -0.1) is 4.90 Å². The molecule has 16 nitrogen and oxygen atoms in total. The highest BCUT2D eigenvalue weighted by Crippen LogP contribution is 2.32. The summed E-state index contributed by atoms with van der Waals surface area (Å²) in [6.45, 7) is 18.9. The molecule has 0 unspecified atom stereocenters. The van der Waals surface area contributed by atoms with E-state index in [4.69, 9.17) is 33.9 Å². The summed E-state index contributed by atoms with van der Waals surface area (Å²) in [5, 5.41) is 0. The Hall–Kier alpha value is -4.60. The number of hydrogen-bond acceptors (Lipinski definition) is 13. The molecule has 0 aliphatic carbocycles. The minimum atomic E-state index is -0.974. The third kappa shape index (κ3) is 8.27. The maximum Gasteiger partial charge on any atom is 0.427 e. The van der Waals surface area contributed by atoms with Gasteiger partial charge in [0.25, 0.3) is 0 Å². The van der Waals surface area contributed by atoms with Gasteiger partial charge in [0.15, 0.2) is 22.8 Å². The van der Waals surface area contributed by atoms with E-state index in [1.54, 1.807) is 52.8 Å². The molecule has 0 radical (unpaired) electrons. The van der Waals surface area contributed by atoms with Gasteiger partial charge in [0.1, 0.15) is 16.8 Å². The van der Waals surface area contributed by atoms with Crippen molar-refractivity contribution in [1.29, 1.82) is 0 Å². The molecule has 2 aliphatic rings. The topological polar surface area (TPSA) is 167 Å². The van der Waals surface area contributed by atoms with Crippen molar-refractivity contribution in [3.63, 3.8) is 0 Å². The molecule has 2 fully saturated rings. The van der Waals surface area contributed by atoms with Gasteiger partial charge in [-0.2, -0.15) is 0 Å². The van der Waals surface area contributed by atoms with E-state index in [-0.39, 0.29) is 18.1 Å². The fourth-order valence-electron chi connectivity index (χ4n) is 5.16. The molecule has 16 heteroatoms. The number of fused-ring (bicyclic) bond motifs is 1. The van der Waals surface area contributed by atoms with Crippen LogP contribution in [0.15, 0.2) is 18.7 Å². The lowest BCUT2D eigenvalue weighted by molar-refractivity contribution is 0.0287. The molecule has 2 saturated heterocycles. The molecule has 3 amide bonds. The summed E-state index contributed by atoms with van der Waals surface area (Å²) in [7, 11) is 0. The van der Waals surface area contributed by atoms with Crippen LogP contribution in [0.25, 0.3) is 22.6 Å². The summed E-state index contributed by atoms with van der Waals surface area (Å²) in [6, 6.07) is -0.0855. The van der Waals surface area contributed by atoms with Crippen molar-refractivity contribution >= 4 is 41.2 Å². The second-order valence-corrected chi connectivity index (χ2v) is 14.7. The maximum atomic E-state index is 13.1. The number of ether oxygens (including phenoxy) is 4. The van der Waals surface area contributed by atoms with E-state index in [0.717, 1.165) is 0 Å². The van der Waals surface area contributed by atoms with Crippen molar-refractivity contribution in [2.45, 2.75) is 91.6 Å². The molecule has 3 aromatic rings. The number of rotatable bonds is 4. The lowest BCUT2D eigenvalue weighted by Gasteiger charge is -2.28. The molecule has 0 spiro atoms. The molecule has 0 aromatic carbocycles. The number of likely N-dealkylation sites (tertiary alicyclic amines) is 1. The van der Waals surface area contributed by atoms with Crippen molar-refractivity contribution in [1.82, 2.24) is 34.4 Å². The fourth-order valence-corrected chi connectivity index (χ4v) is 5.16. The van der Waals surface area contributed by atoms with Gasteiger partial charge in [0.05, 0.1) is 31.1 Å². The molecule has 0 N–H and O–H groups in total. The summed E-state index contributed by atoms with van der Waals surface area (Å²) >= 11 is 0. The molecule has 5 rings (SSSR count). The molecule has 0 saturated carbocycles. The first-order valence-corrected chi connectivity index (χ1v) is 16.0. The molecular weight excluding hydrogens is 622 g/mol. The van der Waals surface area contributed by atoms with Crippen LogP contribution in [0.2, 0.25) is 0 Å². The Kier molecular flexibility index (Phi) is 9.50. The minimum Gasteiger partial charge on any atom is -0.444 e. The molecule has 3 aromatic heterocycles. The van der Waals surface area contributed by atoms with Crippen LogP contribution >= 0.6 is 0 Å². The van der Waals surface area contributed by atoms with Gasteiger partial charge in [-0.05, 0) is 68.7 Å². The second-order valence-electron chi connectivity index (χ2n) is 14.7. The van der Waals surface area contributed by atoms with Gasteiger partial charge < -0.3 is 33.3 Å². The van der Waals surface area contributed by atoms with Gasteiger partial charge in [0, 0.05) is 38.6 Å².